The monoisotopic (exact) mass is 213 g/mol. The zero-order chi connectivity index (χ0) is 9.80. The van der Waals surface area contributed by atoms with Crippen LogP contribution < -0.4 is 5.32 Å². The van der Waals surface area contributed by atoms with Crippen LogP contribution in [0, 0.1) is 5.92 Å². The van der Waals surface area contributed by atoms with Crippen LogP contribution in [-0.4, -0.2) is 23.6 Å². The van der Waals surface area contributed by atoms with Gasteiger partial charge in [0.15, 0.2) is 0 Å². The van der Waals surface area contributed by atoms with E-state index in [1.165, 1.54) is 44.3 Å². The molecule has 1 heterocycles. The normalized spacial score (nSPS) is 29.4. The number of nitrogens with one attached hydrogen (secondary N) is 1. The molecule has 0 amide bonds. The summed E-state index contributed by atoms with van der Waals surface area (Å²) < 4.78 is 0. The maximum Gasteiger partial charge on any atom is 0.0201 e. The van der Waals surface area contributed by atoms with Crippen LogP contribution in [0.15, 0.2) is 0 Å². The Morgan fingerprint density at radius 2 is 2.21 bits per heavy atom. The van der Waals surface area contributed by atoms with Crippen molar-refractivity contribution in [3.63, 3.8) is 0 Å². The largest absolute Gasteiger partial charge is 0.313 e. The molecule has 0 aromatic heterocycles. The summed E-state index contributed by atoms with van der Waals surface area (Å²) in [6.45, 7) is 3.39. The molecular weight excluding hydrogens is 190 g/mol. The van der Waals surface area contributed by atoms with Gasteiger partial charge in [-0.05, 0) is 43.9 Å². The van der Waals surface area contributed by atoms with Crippen LogP contribution in [0.3, 0.4) is 0 Å². The van der Waals surface area contributed by atoms with Crippen LogP contribution in [-0.2, 0) is 0 Å². The summed E-state index contributed by atoms with van der Waals surface area (Å²) >= 11 is 2.20. The predicted octanol–water partition coefficient (Wildman–Crippen LogP) is 3.05. The van der Waals surface area contributed by atoms with Crippen molar-refractivity contribution in [1.29, 1.82) is 0 Å². The molecule has 2 unspecified atom stereocenters. The predicted molar refractivity (Wildman–Crippen MR) is 64.9 cm³/mol. The first kappa shape index (κ1) is 10.8. The van der Waals surface area contributed by atoms with Gasteiger partial charge in [-0.3, -0.25) is 0 Å². The molecule has 1 N–H and O–H groups in total. The van der Waals surface area contributed by atoms with Crippen molar-refractivity contribution >= 4 is 11.8 Å². The van der Waals surface area contributed by atoms with Gasteiger partial charge in [0.05, 0.1) is 0 Å². The van der Waals surface area contributed by atoms with Gasteiger partial charge in [0.25, 0.3) is 0 Å². The highest BCUT2D eigenvalue weighted by molar-refractivity contribution is 8.00. The summed E-state index contributed by atoms with van der Waals surface area (Å²) in [6, 6.07) is 0.813. The summed E-state index contributed by atoms with van der Waals surface area (Å²) in [5.41, 5.74) is 0. The van der Waals surface area contributed by atoms with Crippen LogP contribution in [0.25, 0.3) is 0 Å². The standard InChI is InChI=1S/C12H23NS/c1-2-13-11(8-7-10-5-6-10)12-4-3-9-14-12/h10-13H,2-9H2,1H3. The summed E-state index contributed by atoms with van der Waals surface area (Å²) in [5, 5.41) is 4.61. The van der Waals surface area contributed by atoms with E-state index in [9.17, 15) is 0 Å². The molecule has 2 atom stereocenters. The molecule has 1 aliphatic carbocycles. The SMILES string of the molecule is CCNC(CCC1CC1)C1CCCS1. The van der Waals surface area contributed by atoms with E-state index in [-0.39, 0.29) is 0 Å². The Hall–Kier alpha value is 0.310. The first-order valence-electron chi connectivity index (χ1n) is 6.25. The molecule has 82 valence electrons. The van der Waals surface area contributed by atoms with Crippen molar-refractivity contribution in [2.45, 2.75) is 56.7 Å². The van der Waals surface area contributed by atoms with Crippen LogP contribution in [0.2, 0.25) is 0 Å². The van der Waals surface area contributed by atoms with Crippen molar-refractivity contribution in [1.82, 2.24) is 5.32 Å². The van der Waals surface area contributed by atoms with Crippen LogP contribution in [0.1, 0.15) is 45.4 Å². The Labute approximate surface area is 92.4 Å². The lowest BCUT2D eigenvalue weighted by Gasteiger charge is -2.23. The van der Waals surface area contributed by atoms with Gasteiger partial charge in [-0.15, -0.1) is 0 Å². The van der Waals surface area contributed by atoms with Crippen molar-refractivity contribution in [3.8, 4) is 0 Å². The van der Waals surface area contributed by atoms with E-state index in [4.69, 9.17) is 0 Å². The first-order valence-corrected chi connectivity index (χ1v) is 7.30. The third-order valence-electron chi connectivity index (χ3n) is 3.46. The van der Waals surface area contributed by atoms with Crippen LogP contribution in [0.5, 0.6) is 0 Å². The van der Waals surface area contributed by atoms with Gasteiger partial charge >= 0.3 is 0 Å². The first-order chi connectivity index (χ1) is 6.90. The van der Waals surface area contributed by atoms with Crippen LogP contribution in [0.4, 0.5) is 0 Å². The Morgan fingerprint density at radius 3 is 2.79 bits per heavy atom. The molecule has 1 saturated heterocycles. The van der Waals surface area contributed by atoms with E-state index in [0.717, 1.165) is 23.8 Å². The third kappa shape index (κ3) is 3.16. The quantitative estimate of drug-likeness (QED) is 0.728. The molecule has 1 nitrogen and oxygen atoms in total. The van der Waals surface area contributed by atoms with Crippen molar-refractivity contribution in [2.75, 3.05) is 12.3 Å². The second kappa shape index (κ2) is 5.41. The minimum absolute atomic E-state index is 0.813. The number of hydrogen-bond acceptors (Lipinski definition) is 2. The minimum atomic E-state index is 0.813. The van der Waals surface area contributed by atoms with Gasteiger partial charge in [0, 0.05) is 11.3 Å². The molecule has 0 radical (unpaired) electrons. The van der Waals surface area contributed by atoms with E-state index >= 15 is 0 Å². The van der Waals surface area contributed by atoms with Crippen molar-refractivity contribution in [3.05, 3.63) is 0 Å². The Kier molecular flexibility index (Phi) is 4.18. The Balaban J connectivity index is 1.72. The highest BCUT2D eigenvalue weighted by Crippen LogP contribution is 2.36. The highest BCUT2D eigenvalue weighted by atomic mass is 32.2. The third-order valence-corrected chi connectivity index (χ3v) is 4.98. The lowest BCUT2D eigenvalue weighted by molar-refractivity contribution is 0.445. The van der Waals surface area contributed by atoms with Crippen molar-refractivity contribution < 1.29 is 0 Å². The smallest absolute Gasteiger partial charge is 0.0201 e. The molecule has 2 heteroatoms. The fourth-order valence-electron chi connectivity index (χ4n) is 2.42. The summed E-state index contributed by atoms with van der Waals surface area (Å²) in [4.78, 5) is 0. The number of rotatable bonds is 6. The summed E-state index contributed by atoms with van der Waals surface area (Å²) in [6.07, 6.45) is 8.83. The van der Waals surface area contributed by atoms with Gasteiger partial charge in [0.2, 0.25) is 0 Å². The molecule has 1 aliphatic heterocycles. The van der Waals surface area contributed by atoms with Crippen molar-refractivity contribution in [2.24, 2.45) is 5.92 Å². The summed E-state index contributed by atoms with van der Waals surface area (Å²) in [7, 11) is 0. The molecule has 0 bridgehead atoms. The van der Waals surface area contributed by atoms with Gasteiger partial charge in [0.1, 0.15) is 0 Å². The molecular formula is C12H23NS. The van der Waals surface area contributed by atoms with E-state index < -0.39 is 0 Å². The maximum absolute atomic E-state index is 3.69. The zero-order valence-electron chi connectivity index (χ0n) is 9.30. The van der Waals surface area contributed by atoms with Gasteiger partial charge < -0.3 is 5.32 Å². The van der Waals surface area contributed by atoms with E-state index in [2.05, 4.69) is 24.0 Å². The Morgan fingerprint density at radius 1 is 1.36 bits per heavy atom. The zero-order valence-corrected chi connectivity index (χ0v) is 10.1. The Bertz CT molecular complexity index is 162. The molecule has 1 saturated carbocycles. The topological polar surface area (TPSA) is 12.0 Å². The lowest BCUT2D eigenvalue weighted by Crippen LogP contribution is -2.37. The second-order valence-corrected chi connectivity index (χ2v) is 6.08. The average Bonchev–Trinajstić information content (AvgIpc) is 2.86. The van der Waals surface area contributed by atoms with Crippen LogP contribution >= 0.6 is 11.8 Å². The van der Waals surface area contributed by atoms with E-state index in [0.29, 0.717) is 0 Å². The van der Waals surface area contributed by atoms with Gasteiger partial charge in [-0.2, -0.15) is 11.8 Å². The lowest BCUT2D eigenvalue weighted by atomic mass is 10.0. The minimum Gasteiger partial charge on any atom is -0.313 e. The molecule has 0 spiro atoms. The highest BCUT2D eigenvalue weighted by Gasteiger charge is 2.27. The van der Waals surface area contributed by atoms with E-state index in [1.807, 2.05) is 0 Å². The fraction of sp³-hybridized carbons (Fsp3) is 1.00. The van der Waals surface area contributed by atoms with Gasteiger partial charge in [-0.1, -0.05) is 19.8 Å². The molecule has 2 aliphatic rings. The second-order valence-electron chi connectivity index (χ2n) is 4.74. The van der Waals surface area contributed by atoms with E-state index in [1.54, 1.807) is 0 Å². The number of thioether (sulfide) groups is 1. The molecule has 0 aromatic carbocycles. The molecule has 0 aromatic rings. The molecule has 14 heavy (non-hydrogen) atoms. The fourth-order valence-corrected chi connectivity index (χ4v) is 3.86. The summed E-state index contributed by atoms with van der Waals surface area (Å²) in [5.74, 6) is 2.50. The number of hydrogen-bond donors (Lipinski definition) is 1. The molecule has 2 fully saturated rings. The molecule has 2 rings (SSSR count). The maximum atomic E-state index is 3.69. The van der Waals surface area contributed by atoms with Gasteiger partial charge in [-0.25, -0.2) is 0 Å². The average molecular weight is 213 g/mol.